The SMILES string of the molecule is CC1CCN(C[C@H](O)CNc2nc(C(C)(C)C)ns2)CC1. The Morgan fingerprint density at radius 1 is 1.38 bits per heavy atom. The maximum absolute atomic E-state index is 10.1. The van der Waals surface area contributed by atoms with Crippen molar-refractivity contribution in [2.75, 3.05) is 31.5 Å². The van der Waals surface area contributed by atoms with Gasteiger partial charge >= 0.3 is 0 Å². The molecule has 21 heavy (non-hydrogen) atoms. The molecule has 0 bridgehead atoms. The Balaban J connectivity index is 1.73. The number of likely N-dealkylation sites (tertiary alicyclic amines) is 1. The Labute approximate surface area is 131 Å². The summed E-state index contributed by atoms with van der Waals surface area (Å²) in [7, 11) is 0. The molecule has 0 unspecified atom stereocenters. The summed E-state index contributed by atoms with van der Waals surface area (Å²) in [6.45, 7) is 12.1. The normalized spacial score (nSPS) is 19.7. The van der Waals surface area contributed by atoms with Crippen LogP contribution in [-0.4, -0.2) is 51.6 Å². The summed E-state index contributed by atoms with van der Waals surface area (Å²) in [6.07, 6.45) is 2.12. The van der Waals surface area contributed by atoms with Crippen molar-refractivity contribution in [3.05, 3.63) is 5.82 Å². The summed E-state index contributed by atoms with van der Waals surface area (Å²) in [5.41, 5.74) is -0.0282. The fourth-order valence-electron chi connectivity index (χ4n) is 2.41. The second-order valence-electron chi connectivity index (χ2n) is 7.19. The molecule has 1 aromatic rings. The highest BCUT2D eigenvalue weighted by atomic mass is 32.1. The van der Waals surface area contributed by atoms with E-state index in [1.165, 1.54) is 24.4 Å². The Kier molecular flexibility index (Phi) is 5.57. The van der Waals surface area contributed by atoms with Crippen molar-refractivity contribution in [3.8, 4) is 0 Å². The lowest BCUT2D eigenvalue weighted by molar-refractivity contribution is 0.0990. The lowest BCUT2D eigenvalue weighted by Crippen LogP contribution is -2.40. The van der Waals surface area contributed by atoms with E-state index in [-0.39, 0.29) is 11.5 Å². The summed E-state index contributed by atoms with van der Waals surface area (Å²) >= 11 is 1.37. The van der Waals surface area contributed by atoms with Crippen LogP contribution >= 0.6 is 11.5 Å². The highest BCUT2D eigenvalue weighted by Crippen LogP contribution is 2.23. The third-order valence-electron chi connectivity index (χ3n) is 3.93. The quantitative estimate of drug-likeness (QED) is 0.874. The van der Waals surface area contributed by atoms with Crippen LogP contribution in [0, 0.1) is 5.92 Å². The molecule has 120 valence electrons. The summed E-state index contributed by atoms with van der Waals surface area (Å²) < 4.78 is 4.37. The predicted molar refractivity (Wildman–Crippen MR) is 87.9 cm³/mol. The summed E-state index contributed by atoms with van der Waals surface area (Å²) in [5, 5.41) is 14.1. The summed E-state index contributed by atoms with van der Waals surface area (Å²) in [5.74, 6) is 1.68. The van der Waals surface area contributed by atoms with Gasteiger partial charge in [-0.15, -0.1) is 0 Å². The van der Waals surface area contributed by atoms with Crippen LogP contribution in [0.5, 0.6) is 0 Å². The number of aliphatic hydroxyl groups excluding tert-OH is 1. The minimum atomic E-state index is -0.361. The zero-order chi connectivity index (χ0) is 15.5. The fraction of sp³-hybridized carbons (Fsp3) is 0.867. The van der Waals surface area contributed by atoms with Gasteiger partial charge in [-0.2, -0.15) is 4.37 Å². The number of aromatic nitrogens is 2. The topological polar surface area (TPSA) is 61.3 Å². The summed E-state index contributed by atoms with van der Waals surface area (Å²) in [4.78, 5) is 6.84. The number of aliphatic hydroxyl groups is 1. The van der Waals surface area contributed by atoms with Crippen molar-refractivity contribution in [3.63, 3.8) is 0 Å². The highest BCUT2D eigenvalue weighted by molar-refractivity contribution is 7.09. The van der Waals surface area contributed by atoms with E-state index in [1.807, 2.05) is 0 Å². The molecule has 1 aromatic heterocycles. The van der Waals surface area contributed by atoms with E-state index in [9.17, 15) is 5.11 Å². The molecule has 1 fully saturated rings. The Bertz CT molecular complexity index is 435. The molecule has 0 amide bonds. The number of anilines is 1. The average molecular weight is 312 g/mol. The van der Waals surface area contributed by atoms with E-state index in [0.29, 0.717) is 6.54 Å². The van der Waals surface area contributed by atoms with Crippen LogP contribution in [0.1, 0.15) is 46.4 Å². The largest absolute Gasteiger partial charge is 0.390 e. The Hall–Kier alpha value is -0.720. The maximum atomic E-state index is 10.1. The first kappa shape index (κ1) is 16.6. The van der Waals surface area contributed by atoms with E-state index in [1.54, 1.807) is 0 Å². The minimum Gasteiger partial charge on any atom is -0.390 e. The molecule has 5 nitrogen and oxygen atoms in total. The molecule has 1 atom stereocenters. The van der Waals surface area contributed by atoms with Crippen LogP contribution in [0.4, 0.5) is 5.13 Å². The van der Waals surface area contributed by atoms with Gasteiger partial charge in [0.05, 0.1) is 6.10 Å². The van der Waals surface area contributed by atoms with E-state index < -0.39 is 0 Å². The smallest absolute Gasteiger partial charge is 0.202 e. The Morgan fingerprint density at radius 2 is 2.05 bits per heavy atom. The lowest BCUT2D eigenvalue weighted by atomic mass is 9.96. The zero-order valence-corrected chi connectivity index (χ0v) is 14.4. The van der Waals surface area contributed by atoms with E-state index in [0.717, 1.165) is 36.5 Å². The number of nitrogens with zero attached hydrogens (tertiary/aromatic N) is 3. The van der Waals surface area contributed by atoms with Gasteiger partial charge in [0.15, 0.2) is 0 Å². The molecule has 0 aromatic carbocycles. The molecule has 0 aliphatic carbocycles. The summed E-state index contributed by atoms with van der Waals surface area (Å²) in [6, 6.07) is 0. The van der Waals surface area contributed by atoms with Crippen LogP contribution < -0.4 is 5.32 Å². The number of rotatable bonds is 5. The maximum Gasteiger partial charge on any atom is 0.202 e. The molecule has 0 spiro atoms. The monoisotopic (exact) mass is 312 g/mol. The van der Waals surface area contributed by atoms with Crippen molar-refractivity contribution >= 4 is 16.7 Å². The molecule has 0 saturated carbocycles. The first-order chi connectivity index (χ1) is 9.84. The number of hydrogen-bond acceptors (Lipinski definition) is 6. The van der Waals surface area contributed by atoms with Crippen molar-refractivity contribution in [2.24, 2.45) is 5.92 Å². The van der Waals surface area contributed by atoms with Crippen molar-refractivity contribution in [2.45, 2.75) is 52.1 Å². The van der Waals surface area contributed by atoms with Crippen LogP contribution in [-0.2, 0) is 5.41 Å². The van der Waals surface area contributed by atoms with Crippen molar-refractivity contribution in [1.29, 1.82) is 0 Å². The van der Waals surface area contributed by atoms with Gasteiger partial charge < -0.3 is 15.3 Å². The second-order valence-corrected chi connectivity index (χ2v) is 7.94. The van der Waals surface area contributed by atoms with Gasteiger partial charge in [0.1, 0.15) is 5.82 Å². The molecule has 2 rings (SSSR count). The van der Waals surface area contributed by atoms with Gasteiger partial charge in [-0.3, -0.25) is 0 Å². The van der Waals surface area contributed by atoms with Gasteiger partial charge in [-0.1, -0.05) is 27.7 Å². The van der Waals surface area contributed by atoms with E-state index >= 15 is 0 Å². The van der Waals surface area contributed by atoms with Gasteiger partial charge in [0.2, 0.25) is 5.13 Å². The van der Waals surface area contributed by atoms with E-state index in [2.05, 4.69) is 47.3 Å². The first-order valence-corrected chi connectivity index (χ1v) is 8.60. The van der Waals surface area contributed by atoms with Crippen LogP contribution in [0.15, 0.2) is 0 Å². The number of hydrogen-bond donors (Lipinski definition) is 2. The van der Waals surface area contributed by atoms with Crippen LogP contribution in [0.25, 0.3) is 0 Å². The number of β-amino-alcohol motifs (C(OH)–C–C–N with tert-alkyl or cyclic N) is 1. The fourth-order valence-corrected chi connectivity index (χ4v) is 3.18. The predicted octanol–water partition coefficient (Wildman–Crippen LogP) is 2.34. The third-order valence-corrected chi connectivity index (χ3v) is 4.60. The van der Waals surface area contributed by atoms with Crippen molar-refractivity contribution in [1.82, 2.24) is 14.3 Å². The molecule has 1 saturated heterocycles. The third kappa shape index (κ3) is 5.20. The first-order valence-electron chi connectivity index (χ1n) is 7.83. The molecule has 1 aliphatic heterocycles. The van der Waals surface area contributed by atoms with Gasteiger partial charge in [0.25, 0.3) is 0 Å². The molecular formula is C15H28N4OS. The van der Waals surface area contributed by atoms with Crippen LogP contribution in [0.3, 0.4) is 0 Å². The molecule has 0 radical (unpaired) electrons. The molecule has 1 aliphatic rings. The zero-order valence-electron chi connectivity index (χ0n) is 13.6. The molecule has 2 heterocycles. The van der Waals surface area contributed by atoms with Crippen molar-refractivity contribution < 1.29 is 5.11 Å². The number of piperidine rings is 1. The van der Waals surface area contributed by atoms with Crippen LogP contribution in [0.2, 0.25) is 0 Å². The van der Waals surface area contributed by atoms with E-state index in [4.69, 9.17) is 0 Å². The number of nitrogens with one attached hydrogen (secondary N) is 1. The minimum absolute atomic E-state index is 0.0282. The molecule has 6 heteroatoms. The standard InChI is InChI=1S/C15H28N4OS/c1-11-5-7-19(8-6-11)10-12(20)9-16-14-17-13(18-21-14)15(2,3)4/h11-12,20H,5-10H2,1-4H3,(H,16,17,18)/t12-/m1/s1. The lowest BCUT2D eigenvalue weighted by Gasteiger charge is -2.31. The van der Waals surface area contributed by atoms with Gasteiger partial charge in [-0.05, 0) is 31.8 Å². The highest BCUT2D eigenvalue weighted by Gasteiger charge is 2.21. The Morgan fingerprint density at radius 3 is 2.62 bits per heavy atom. The second kappa shape index (κ2) is 7.03. The average Bonchev–Trinajstić information content (AvgIpc) is 2.88. The van der Waals surface area contributed by atoms with Gasteiger partial charge in [0, 0.05) is 30.0 Å². The molecule has 2 N–H and O–H groups in total. The van der Waals surface area contributed by atoms with Gasteiger partial charge in [-0.25, -0.2) is 4.98 Å². The molecular weight excluding hydrogens is 284 g/mol.